The second kappa shape index (κ2) is 6.86. The monoisotopic (exact) mass is 311 g/mol. The number of nitrogens with one attached hydrogen (secondary N) is 1. The van der Waals surface area contributed by atoms with Gasteiger partial charge >= 0.3 is 0 Å². The molecular weight excluding hydrogens is 290 g/mol. The third-order valence-electron chi connectivity index (χ3n) is 4.10. The van der Waals surface area contributed by atoms with Crippen LogP contribution in [0.3, 0.4) is 0 Å². The van der Waals surface area contributed by atoms with Crippen LogP contribution in [0.5, 0.6) is 11.5 Å². The third-order valence-corrected chi connectivity index (χ3v) is 4.38. The fourth-order valence-electron chi connectivity index (χ4n) is 3.00. The largest absolute Gasteiger partial charge is 0.489 e. The third kappa shape index (κ3) is 3.82. The summed E-state index contributed by atoms with van der Waals surface area (Å²) in [5.74, 6) is 1.39. The van der Waals surface area contributed by atoms with Gasteiger partial charge in [-0.1, -0.05) is 11.6 Å². The van der Waals surface area contributed by atoms with Crippen LogP contribution in [-0.2, 0) is 6.54 Å². The smallest absolute Gasteiger partial charge is 0.179 e. The lowest BCUT2D eigenvalue weighted by Gasteiger charge is -2.27. The van der Waals surface area contributed by atoms with Crippen molar-refractivity contribution in [2.45, 2.75) is 50.8 Å². The van der Waals surface area contributed by atoms with Crippen molar-refractivity contribution < 1.29 is 14.6 Å². The van der Waals surface area contributed by atoms with Gasteiger partial charge < -0.3 is 19.9 Å². The fraction of sp³-hybridized carbons (Fsp3) is 0.625. The van der Waals surface area contributed by atoms with Gasteiger partial charge in [-0.15, -0.1) is 0 Å². The van der Waals surface area contributed by atoms with Gasteiger partial charge in [0.2, 0.25) is 0 Å². The summed E-state index contributed by atoms with van der Waals surface area (Å²) >= 11 is 6.29. The first-order valence-corrected chi connectivity index (χ1v) is 8.09. The molecule has 1 aliphatic carbocycles. The molecular formula is C16H22ClNO3. The highest BCUT2D eigenvalue weighted by Crippen LogP contribution is 2.38. The Hall–Kier alpha value is -0.970. The number of hydrogen-bond donors (Lipinski definition) is 2. The van der Waals surface area contributed by atoms with Crippen LogP contribution in [0.4, 0.5) is 0 Å². The zero-order chi connectivity index (χ0) is 14.7. The average Bonchev–Trinajstić information content (AvgIpc) is 2.71. The van der Waals surface area contributed by atoms with E-state index in [1.165, 1.54) is 0 Å². The lowest BCUT2D eigenvalue weighted by Crippen LogP contribution is -2.35. The van der Waals surface area contributed by atoms with Crippen molar-refractivity contribution in [3.05, 3.63) is 22.7 Å². The lowest BCUT2D eigenvalue weighted by molar-refractivity contribution is 0.111. The molecule has 2 aliphatic rings. The summed E-state index contributed by atoms with van der Waals surface area (Å²) in [6.45, 7) is 2.03. The minimum Gasteiger partial charge on any atom is -0.489 e. The summed E-state index contributed by atoms with van der Waals surface area (Å²) in [4.78, 5) is 0. The molecule has 2 unspecified atom stereocenters. The van der Waals surface area contributed by atoms with Crippen molar-refractivity contribution in [3.63, 3.8) is 0 Å². The molecule has 116 valence electrons. The molecule has 0 bridgehead atoms. The second-order valence-electron chi connectivity index (χ2n) is 5.85. The first kappa shape index (κ1) is 14.9. The van der Waals surface area contributed by atoms with Crippen LogP contribution in [0, 0.1) is 0 Å². The SMILES string of the molecule is OC1CCCC(NCc2cc(Cl)c3c(c2)OCCCO3)C1. The van der Waals surface area contributed by atoms with E-state index in [-0.39, 0.29) is 6.10 Å². The van der Waals surface area contributed by atoms with E-state index in [0.717, 1.165) is 50.0 Å². The molecule has 1 aromatic rings. The lowest BCUT2D eigenvalue weighted by atomic mass is 9.93. The molecule has 0 radical (unpaired) electrons. The summed E-state index contributed by atoms with van der Waals surface area (Å²) < 4.78 is 11.3. The van der Waals surface area contributed by atoms with Gasteiger partial charge in [0.25, 0.3) is 0 Å². The zero-order valence-corrected chi connectivity index (χ0v) is 12.9. The molecule has 2 N–H and O–H groups in total. The highest BCUT2D eigenvalue weighted by atomic mass is 35.5. The molecule has 0 aromatic heterocycles. The van der Waals surface area contributed by atoms with E-state index in [9.17, 15) is 5.11 Å². The Morgan fingerprint density at radius 2 is 2.05 bits per heavy atom. The number of fused-ring (bicyclic) bond motifs is 1. The van der Waals surface area contributed by atoms with E-state index < -0.39 is 0 Å². The Bertz CT molecular complexity index is 495. The number of ether oxygens (including phenoxy) is 2. The molecule has 1 aliphatic heterocycles. The second-order valence-corrected chi connectivity index (χ2v) is 6.26. The van der Waals surface area contributed by atoms with Crippen LogP contribution >= 0.6 is 11.6 Å². The standard InChI is InChI=1S/C16H22ClNO3/c17-14-7-11(8-15-16(14)21-6-2-5-20-15)10-18-12-3-1-4-13(19)9-12/h7-8,12-13,18-19H,1-6,9-10H2. The van der Waals surface area contributed by atoms with Crippen LogP contribution in [0.15, 0.2) is 12.1 Å². The fourth-order valence-corrected chi connectivity index (χ4v) is 3.29. The van der Waals surface area contributed by atoms with Crippen molar-refractivity contribution in [2.75, 3.05) is 13.2 Å². The van der Waals surface area contributed by atoms with E-state index in [0.29, 0.717) is 30.0 Å². The molecule has 0 spiro atoms. The highest BCUT2D eigenvalue weighted by Gasteiger charge is 2.20. The van der Waals surface area contributed by atoms with Gasteiger partial charge in [-0.3, -0.25) is 0 Å². The summed E-state index contributed by atoms with van der Waals surface area (Å²) in [6, 6.07) is 4.31. The van der Waals surface area contributed by atoms with E-state index in [1.54, 1.807) is 0 Å². The Labute approximate surface area is 130 Å². The summed E-state index contributed by atoms with van der Waals surface area (Å²) in [6.07, 6.45) is 4.67. The van der Waals surface area contributed by atoms with Crippen LogP contribution in [0.1, 0.15) is 37.7 Å². The summed E-state index contributed by atoms with van der Waals surface area (Å²) in [5.41, 5.74) is 1.09. The van der Waals surface area contributed by atoms with Gasteiger partial charge in [-0.25, -0.2) is 0 Å². The predicted molar refractivity (Wildman–Crippen MR) is 82.2 cm³/mol. The van der Waals surface area contributed by atoms with E-state index >= 15 is 0 Å². The highest BCUT2D eigenvalue weighted by molar-refractivity contribution is 6.32. The van der Waals surface area contributed by atoms with Crippen LogP contribution in [0.2, 0.25) is 5.02 Å². The summed E-state index contributed by atoms with van der Waals surface area (Å²) in [7, 11) is 0. The molecule has 1 saturated carbocycles. The van der Waals surface area contributed by atoms with E-state index in [2.05, 4.69) is 5.32 Å². The van der Waals surface area contributed by atoms with Gasteiger partial charge in [0, 0.05) is 19.0 Å². The number of rotatable bonds is 3. The molecule has 1 aromatic carbocycles. The first-order valence-electron chi connectivity index (χ1n) is 7.72. The van der Waals surface area contributed by atoms with Crippen LogP contribution in [-0.4, -0.2) is 30.5 Å². The van der Waals surface area contributed by atoms with Gasteiger partial charge in [-0.2, -0.15) is 0 Å². The minimum atomic E-state index is -0.163. The molecule has 4 nitrogen and oxygen atoms in total. The quantitative estimate of drug-likeness (QED) is 0.901. The number of aliphatic hydroxyl groups is 1. The van der Waals surface area contributed by atoms with Crippen molar-refractivity contribution in [2.24, 2.45) is 0 Å². The van der Waals surface area contributed by atoms with Gasteiger partial charge in [-0.05, 0) is 43.4 Å². The molecule has 1 fully saturated rings. The predicted octanol–water partition coefficient (Wildman–Crippen LogP) is 2.89. The molecule has 21 heavy (non-hydrogen) atoms. The summed E-state index contributed by atoms with van der Waals surface area (Å²) in [5, 5.41) is 13.8. The van der Waals surface area contributed by atoms with E-state index in [1.807, 2.05) is 12.1 Å². The van der Waals surface area contributed by atoms with E-state index in [4.69, 9.17) is 21.1 Å². The van der Waals surface area contributed by atoms with Gasteiger partial charge in [0.1, 0.15) is 0 Å². The van der Waals surface area contributed by atoms with Crippen LogP contribution < -0.4 is 14.8 Å². The maximum atomic E-state index is 9.71. The maximum Gasteiger partial charge on any atom is 0.179 e. The molecule has 2 atom stereocenters. The van der Waals surface area contributed by atoms with Crippen molar-refractivity contribution in [3.8, 4) is 11.5 Å². The maximum absolute atomic E-state index is 9.71. The van der Waals surface area contributed by atoms with Crippen molar-refractivity contribution in [1.82, 2.24) is 5.32 Å². The number of hydrogen-bond acceptors (Lipinski definition) is 4. The Kier molecular flexibility index (Phi) is 4.88. The number of benzene rings is 1. The molecule has 0 amide bonds. The van der Waals surface area contributed by atoms with Crippen LogP contribution in [0.25, 0.3) is 0 Å². The minimum absolute atomic E-state index is 0.163. The number of aliphatic hydroxyl groups excluding tert-OH is 1. The zero-order valence-electron chi connectivity index (χ0n) is 12.1. The van der Waals surface area contributed by atoms with Crippen molar-refractivity contribution >= 4 is 11.6 Å². The Balaban J connectivity index is 1.65. The Morgan fingerprint density at radius 1 is 1.19 bits per heavy atom. The molecule has 3 rings (SSSR count). The van der Waals surface area contributed by atoms with Crippen molar-refractivity contribution in [1.29, 1.82) is 0 Å². The normalized spacial score (nSPS) is 25.4. The average molecular weight is 312 g/mol. The molecule has 5 heteroatoms. The number of halogens is 1. The molecule has 0 saturated heterocycles. The molecule has 1 heterocycles. The topological polar surface area (TPSA) is 50.7 Å². The first-order chi connectivity index (χ1) is 10.2. The van der Waals surface area contributed by atoms with Gasteiger partial charge in [0.15, 0.2) is 11.5 Å². The Morgan fingerprint density at radius 3 is 2.90 bits per heavy atom. The van der Waals surface area contributed by atoms with Gasteiger partial charge in [0.05, 0.1) is 24.3 Å².